The van der Waals surface area contributed by atoms with E-state index in [-0.39, 0.29) is 23.1 Å². The van der Waals surface area contributed by atoms with Gasteiger partial charge in [0.25, 0.3) is 5.91 Å². The summed E-state index contributed by atoms with van der Waals surface area (Å²) < 4.78 is 1.45. The molecule has 1 fully saturated rings. The molecule has 1 aromatic heterocycles. The molecule has 31 heavy (non-hydrogen) atoms. The van der Waals surface area contributed by atoms with Gasteiger partial charge in [-0.05, 0) is 54.0 Å². The van der Waals surface area contributed by atoms with Crippen LogP contribution in [0.3, 0.4) is 0 Å². The van der Waals surface area contributed by atoms with Crippen molar-refractivity contribution in [3.63, 3.8) is 0 Å². The smallest absolute Gasteiger partial charge is 0.264 e. The predicted octanol–water partition coefficient (Wildman–Crippen LogP) is 6.31. The lowest BCUT2D eigenvalue weighted by Crippen LogP contribution is -2.13. The maximum Gasteiger partial charge on any atom is 0.264 e. The van der Waals surface area contributed by atoms with E-state index in [2.05, 4.69) is 17.4 Å². The molecule has 5 nitrogen and oxygen atoms in total. The van der Waals surface area contributed by atoms with Gasteiger partial charge in [-0.25, -0.2) is 0 Å². The molecule has 1 heterocycles. The predicted molar refractivity (Wildman–Crippen MR) is 123 cm³/mol. The molecule has 3 aromatic rings. The summed E-state index contributed by atoms with van der Waals surface area (Å²) in [6.07, 6.45) is 7.69. The van der Waals surface area contributed by atoms with Gasteiger partial charge in [0.1, 0.15) is 11.3 Å². The summed E-state index contributed by atoms with van der Waals surface area (Å²) in [5.74, 6) is -0.251. The molecule has 0 radical (unpaired) electrons. The van der Waals surface area contributed by atoms with E-state index in [4.69, 9.17) is 0 Å². The minimum Gasteiger partial charge on any atom is -0.505 e. The number of aromatic nitrogens is 1. The van der Waals surface area contributed by atoms with Crippen LogP contribution in [0.15, 0.2) is 54.7 Å². The van der Waals surface area contributed by atoms with Crippen LogP contribution in [0.4, 0.5) is 5.69 Å². The van der Waals surface area contributed by atoms with Crippen LogP contribution in [0.1, 0.15) is 79.3 Å². The van der Waals surface area contributed by atoms with Crippen molar-refractivity contribution in [1.29, 1.82) is 0 Å². The van der Waals surface area contributed by atoms with Crippen molar-refractivity contribution < 1.29 is 15.0 Å². The topological polar surface area (TPSA) is 74.5 Å². The molecular weight excluding hydrogens is 388 g/mol. The Balaban J connectivity index is 1.58. The molecule has 0 unspecified atom stereocenters. The first kappa shape index (κ1) is 21.0. The first-order valence-corrected chi connectivity index (χ1v) is 11.1. The fourth-order valence-corrected chi connectivity index (χ4v) is 4.54. The highest BCUT2D eigenvalue weighted by molar-refractivity contribution is 6.08. The van der Waals surface area contributed by atoms with E-state index in [0.29, 0.717) is 17.3 Å². The second-order valence-electron chi connectivity index (χ2n) is 8.71. The van der Waals surface area contributed by atoms with Crippen LogP contribution in [-0.4, -0.2) is 20.7 Å². The Morgan fingerprint density at radius 2 is 1.68 bits per heavy atom. The Labute approximate surface area is 183 Å². The molecule has 1 saturated carbocycles. The molecule has 162 valence electrons. The molecule has 0 bridgehead atoms. The van der Waals surface area contributed by atoms with Gasteiger partial charge >= 0.3 is 0 Å². The van der Waals surface area contributed by atoms with Gasteiger partial charge in [0.05, 0.1) is 6.20 Å². The van der Waals surface area contributed by atoms with Gasteiger partial charge in [0, 0.05) is 11.4 Å². The summed E-state index contributed by atoms with van der Waals surface area (Å²) in [5.41, 5.74) is 3.55. The number of rotatable bonds is 5. The molecule has 0 spiro atoms. The van der Waals surface area contributed by atoms with Crippen LogP contribution in [0.2, 0.25) is 0 Å². The summed E-state index contributed by atoms with van der Waals surface area (Å²) in [6, 6.07) is 15.6. The largest absolute Gasteiger partial charge is 0.505 e. The second-order valence-corrected chi connectivity index (χ2v) is 8.71. The van der Waals surface area contributed by atoms with E-state index in [0.717, 1.165) is 5.56 Å². The second kappa shape index (κ2) is 8.88. The van der Waals surface area contributed by atoms with Crippen LogP contribution in [-0.2, 0) is 0 Å². The van der Waals surface area contributed by atoms with E-state index in [1.807, 2.05) is 50.2 Å². The number of carbonyl (C=O) groups excluding carboxylic acids is 1. The van der Waals surface area contributed by atoms with Gasteiger partial charge in [0.15, 0.2) is 0 Å². The fraction of sp³-hybridized carbons (Fsp3) is 0.346. The van der Waals surface area contributed by atoms with Crippen LogP contribution < -0.4 is 5.32 Å². The minimum atomic E-state index is -0.541. The van der Waals surface area contributed by atoms with Crippen molar-refractivity contribution in [3.8, 4) is 17.3 Å². The Morgan fingerprint density at radius 1 is 1.00 bits per heavy atom. The third-order valence-corrected chi connectivity index (χ3v) is 6.27. The van der Waals surface area contributed by atoms with E-state index in [9.17, 15) is 15.0 Å². The highest BCUT2D eigenvalue weighted by Crippen LogP contribution is 2.36. The molecule has 3 N–H and O–H groups in total. The number of nitrogens with zero attached hydrogens (tertiary/aromatic N) is 1. The first-order chi connectivity index (χ1) is 15.0. The third kappa shape index (κ3) is 4.31. The van der Waals surface area contributed by atoms with Crippen molar-refractivity contribution in [2.45, 2.75) is 57.8 Å². The summed E-state index contributed by atoms with van der Waals surface area (Å²) in [5, 5.41) is 24.0. The average molecular weight is 419 g/mol. The van der Waals surface area contributed by atoms with Crippen molar-refractivity contribution >= 4 is 11.6 Å². The molecule has 0 aliphatic heterocycles. The van der Waals surface area contributed by atoms with Gasteiger partial charge in [0.2, 0.25) is 5.88 Å². The Morgan fingerprint density at radius 3 is 2.35 bits per heavy atom. The van der Waals surface area contributed by atoms with Crippen molar-refractivity contribution in [3.05, 3.63) is 71.4 Å². The van der Waals surface area contributed by atoms with Crippen LogP contribution in [0.25, 0.3) is 5.69 Å². The van der Waals surface area contributed by atoms with Crippen LogP contribution >= 0.6 is 0 Å². The molecule has 5 heteroatoms. The maximum absolute atomic E-state index is 12.9. The molecular formula is C26H30N2O3. The lowest BCUT2D eigenvalue weighted by molar-refractivity contribution is 0.102. The normalized spacial score (nSPS) is 14.7. The minimum absolute atomic E-state index is 0.130. The number of amides is 1. The molecule has 1 amide bonds. The summed E-state index contributed by atoms with van der Waals surface area (Å²) in [6.45, 7) is 4.10. The lowest BCUT2D eigenvalue weighted by Gasteiger charge is -2.22. The Bertz CT molecular complexity index is 1060. The number of aromatic hydroxyl groups is 2. The molecule has 1 aliphatic carbocycles. The molecule has 1 aliphatic rings. The zero-order chi connectivity index (χ0) is 22.0. The van der Waals surface area contributed by atoms with Crippen molar-refractivity contribution in [1.82, 2.24) is 4.57 Å². The van der Waals surface area contributed by atoms with Gasteiger partial charge in [-0.1, -0.05) is 63.4 Å². The fourth-order valence-electron chi connectivity index (χ4n) is 4.54. The van der Waals surface area contributed by atoms with Crippen molar-refractivity contribution in [2.75, 3.05) is 5.32 Å². The average Bonchev–Trinajstić information content (AvgIpc) is 3.08. The number of para-hydroxylation sites is 1. The summed E-state index contributed by atoms with van der Waals surface area (Å²) >= 11 is 0. The number of hydrogen-bond donors (Lipinski definition) is 3. The number of benzene rings is 2. The number of nitrogens with one attached hydrogen (secondary N) is 1. The van der Waals surface area contributed by atoms with E-state index >= 15 is 0 Å². The first-order valence-electron chi connectivity index (χ1n) is 11.1. The SMILES string of the molecule is CC(C)c1ccccc1NC(=O)c1c(O)cn(-c2ccc(C3CCCCC3)cc2)c1O. The molecule has 4 rings (SSSR count). The molecule has 2 aromatic carbocycles. The van der Waals surface area contributed by atoms with Gasteiger partial charge in [-0.2, -0.15) is 0 Å². The number of carbonyl (C=O) groups is 1. The third-order valence-electron chi connectivity index (χ3n) is 6.27. The zero-order valence-corrected chi connectivity index (χ0v) is 18.1. The van der Waals surface area contributed by atoms with Gasteiger partial charge in [-0.3, -0.25) is 9.36 Å². The van der Waals surface area contributed by atoms with E-state index in [1.54, 1.807) is 0 Å². The quantitative estimate of drug-likeness (QED) is 0.454. The zero-order valence-electron chi connectivity index (χ0n) is 18.1. The maximum atomic E-state index is 12.9. The molecule has 0 saturated heterocycles. The lowest BCUT2D eigenvalue weighted by atomic mass is 9.84. The van der Waals surface area contributed by atoms with Crippen molar-refractivity contribution in [2.24, 2.45) is 0 Å². The van der Waals surface area contributed by atoms with Gasteiger partial charge < -0.3 is 15.5 Å². The number of anilines is 1. The Hall–Kier alpha value is -3.21. The summed E-state index contributed by atoms with van der Waals surface area (Å²) in [7, 11) is 0. The van der Waals surface area contributed by atoms with Crippen LogP contribution in [0.5, 0.6) is 11.6 Å². The Kier molecular flexibility index (Phi) is 6.03. The highest BCUT2D eigenvalue weighted by Gasteiger charge is 2.24. The molecule has 0 atom stereocenters. The standard InChI is InChI=1S/C26H30N2O3/c1-17(2)21-10-6-7-11-22(21)27-25(30)24-23(29)16-28(26(24)31)20-14-12-19(13-15-20)18-8-4-3-5-9-18/h6-7,10-18,29,31H,3-5,8-9H2,1-2H3,(H,27,30). The monoisotopic (exact) mass is 418 g/mol. The van der Waals surface area contributed by atoms with Gasteiger partial charge in [-0.15, -0.1) is 0 Å². The van der Waals surface area contributed by atoms with E-state index in [1.165, 1.54) is 48.4 Å². The highest BCUT2D eigenvalue weighted by atomic mass is 16.3. The number of hydrogen-bond acceptors (Lipinski definition) is 3. The van der Waals surface area contributed by atoms with Crippen LogP contribution in [0, 0.1) is 0 Å². The summed E-state index contributed by atoms with van der Waals surface area (Å²) in [4.78, 5) is 12.9. The van der Waals surface area contributed by atoms with E-state index < -0.39 is 5.91 Å².